The summed E-state index contributed by atoms with van der Waals surface area (Å²) in [4.78, 5) is 30.6. The minimum atomic E-state index is -0.319. The fourth-order valence-corrected chi connectivity index (χ4v) is 5.09. The van der Waals surface area contributed by atoms with Crippen molar-refractivity contribution < 1.29 is 9.53 Å². The molecule has 1 N–H and O–H groups in total. The summed E-state index contributed by atoms with van der Waals surface area (Å²) in [6, 6.07) is 7.67. The summed E-state index contributed by atoms with van der Waals surface area (Å²) in [5.74, 6) is 0.0213. The number of ether oxygens (including phenoxy) is 1. The molecule has 2 aliphatic rings. The van der Waals surface area contributed by atoms with Gasteiger partial charge < -0.3 is 10.1 Å². The second kappa shape index (κ2) is 9.30. The first kappa shape index (κ1) is 20.4. The normalized spacial score (nSPS) is 21.3. The molecule has 2 heterocycles. The van der Waals surface area contributed by atoms with Gasteiger partial charge in [0.15, 0.2) is 5.16 Å². The fraction of sp³-hybridized carbons (Fsp3) is 0.591. The van der Waals surface area contributed by atoms with Crippen molar-refractivity contribution >= 4 is 28.6 Å². The molecule has 156 valence electrons. The summed E-state index contributed by atoms with van der Waals surface area (Å²) in [6.45, 7) is 3.11. The molecule has 0 radical (unpaired) electrons. The number of hydrogen-bond donors (Lipinski definition) is 1. The Morgan fingerprint density at radius 1 is 1.24 bits per heavy atom. The van der Waals surface area contributed by atoms with Gasteiger partial charge in [-0.15, -0.1) is 0 Å². The first-order chi connectivity index (χ1) is 14.1. The maximum absolute atomic E-state index is 13.2. The van der Waals surface area contributed by atoms with Crippen LogP contribution in [0.4, 0.5) is 0 Å². The number of amides is 1. The Hall–Kier alpha value is -1.86. The number of nitrogens with zero attached hydrogens (tertiary/aromatic N) is 2. The molecule has 0 unspecified atom stereocenters. The van der Waals surface area contributed by atoms with Crippen LogP contribution in [-0.2, 0) is 16.1 Å². The number of para-hydroxylation sites is 1. The Bertz CT molecular complexity index is 917. The molecule has 1 saturated carbocycles. The van der Waals surface area contributed by atoms with Gasteiger partial charge >= 0.3 is 0 Å². The van der Waals surface area contributed by atoms with E-state index < -0.39 is 0 Å². The lowest BCUT2D eigenvalue weighted by Gasteiger charge is -2.24. The monoisotopic (exact) mass is 415 g/mol. The van der Waals surface area contributed by atoms with Crippen molar-refractivity contribution in [1.29, 1.82) is 0 Å². The summed E-state index contributed by atoms with van der Waals surface area (Å²) >= 11 is 1.36. The van der Waals surface area contributed by atoms with Gasteiger partial charge in [-0.2, -0.15) is 0 Å². The summed E-state index contributed by atoms with van der Waals surface area (Å²) in [7, 11) is 0. The van der Waals surface area contributed by atoms with Gasteiger partial charge in [0.05, 0.1) is 28.8 Å². The van der Waals surface area contributed by atoms with Crippen molar-refractivity contribution in [2.75, 3.05) is 6.61 Å². The summed E-state index contributed by atoms with van der Waals surface area (Å²) < 4.78 is 7.46. The number of carbonyl (C=O) groups excluding carboxylic acids is 1. The van der Waals surface area contributed by atoms with Crippen LogP contribution in [0.3, 0.4) is 0 Å². The summed E-state index contributed by atoms with van der Waals surface area (Å²) in [5, 5.41) is 4.06. The van der Waals surface area contributed by atoms with Crippen LogP contribution >= 0.6 is 11.8 Å². The van der Waals surface area contributed by atoms with Gasteiger partial charge in [0.1, 0.15) is 0 Å². The topological polar surface area (TPSA) is 73.2 Å². The second-order valence-electron chi connectivity index (χ2n) is 8.07. The highest BCUT2D eigenvalue weighted by Crippen LogP contribution is 2.25. The Morgan fingerprint density at radius 2 is 2.03 bits per heavy atom. The maximum atomic E-state index is 13.2. The van der Waals surface area contributed by atoms with Crippen LogP contribution in [-0.4, -0.2) is 39.5 Å². The molecule has 2 fully saturated rings. The molecular weight excluding hydrogens is 386 g/mol. The number of benzene rings is 1. The molecule has 2 atom stereocenters. The van der Waals surface area contributed by atoms with Crippen molar-refractivity contribution in [2.24, 2.45) is 0 Å². The van der Waals surface area contributed by atoms with E-state index in [9.17, 15) is 9.59 Å². The number of hydrogen-bond acceptors (Lipinski definition) is 5. The standard InChI is InChI=1S/C22H29N3O3S/c1-15(20(26)23-16-8-3-2-4-9-16)29-22-24-19-12-6-5-11-18(19)21(27)25(22)14-17-10-7-13-28-17/h5-6,11-12,15-17H,2-4,7-10,13-14H2,1H3,(H,23,26)/t15-,17+/m1/s1. The van der Waals surface area contributed by atoms with Gasteiger partial charge in [-0.05, 0) is 44.7 Å². The minimum absolute atomic E-state index is 0.0213. The maximum Gasteiger partial charge on any atom is 0.262 e. The van der Waals surface area contributed by atoms with E-state index in [-0.39, 0.29) is 28.9 Å². The molecule has 6 nitrogen and oxygen atoms in total. The first-order valence-electron chi connectivity index (χ1n) is 10.7. The number of aromatic nitrogens is 2. The minimum Gasteiger partial charge on any atom is -0.376 e. The third kappa shape index (κ3) is 4.83. The molecule has 1 aromatic carbocycles. The fourth-order valence-electron chi connectivity index (χ4n) is 4.17. The molecule has 4 rings (SSSR count). The Labute approximate surface area is 175 Å². The number of carbonyl (C=O) groups is 1. The number of thioether (sulfide) groups is 1. The zero-order chi connectivity index (χ0) is 20.2. The average molecular weight is 416 g/mol. The van der Waals surface area contributed by atoms with E-state index in [1.54, 1.807) is 4.57 Å². The summed E-state index contributed by atoms with van der Waals surface area (Å²) in [5.41, 5.74) is 0.608. The van der Waals surface area contributed by atoms with Crippen molar-refractivity contribution in [1.82, 2.24) is 14.9 Å². The zero-order valence-electron chi connectivity index (χ0n) is 16.9. The van der Waals surface area contributed by atoms with E-state index in [1.807, 2.05) is 31.2 Å². The van der Waals surface area contributed by atoms with Crippen molar-refractivity contribution in [3.63, 3.8) is 0 Å². The van der Waals surface area contributed by atoms with Crippen LogP contribution in [0.2, 0.25) is 0 Å². The van der Waals surface area contributed by atoms with Crippen LogP contribution in [0.1, 0.15) is 51.9 Å². The largest absolute Gasteiger partial charge is 0.376 e. The predicted molar refractivity (Wildman–Crippen MR) is 115 cm³/mol. The molecular formula is C22H29N3O3S. The van der Waals surface area contributed by atoms with Crippen molar-refractivity contribution in [3.05, 3.63) is 34.6 Å². The SMILES string of the molecule is C[C@@H](Sc1nc2ccccc2c(=O)n1C[C@@H]1CCCO1)C(=O)NC1CCCCC1. The Balaban J connectivity index is 1.57. The molecule has 2 aromatic rings. The third-order valence-electron chi connectivity index (χ3n) is 5.84. The van der Waals surface area contributed by atoms with Crippen LogP contribution in [0, 0.1) is 0 Å². The summed E-state index contributed by atoms with van der Waals surface area (Å²) in [6.07, 6.45) is 7.72. The molecule has 1 aliphatic heterocycles. The lowest BCUT2D eigenvalue weighted by molar-refractivity contribution is -0.121. The van der Waals surface area contributed by atoms with E-state index in [0.717, 1.165) is 32.3 Å². The molecule has 1 amide bonds. The van der Waals surface area contributed by atoms with E-state index in [1.165, 1.54) is 31.0 Å². The molecule has 7 heteroatoms. The molecule has 1 aliphatic carbocycles. The van der Waals surface area contributed by atoms with E-state index in [4.69, 9.17) is 9.72 Å². The van der Waals surface area contributed by atoms with Gasteiger partial charge in [-0.3, -0.25) is 14.2 Å². The Morgan fingerprint density at radius 3 is 2.79 bits per heavy atom. The van der Waals surface area contributed by atoms with Gasteiger partial charge in [0, 0.05) is 12.6 Å². The smallest absolute Gasteiger partial charge is 0.262 e. The van der Waals surface area contributed by atoms with Crippen LogP contribution < -0.4 is 10.9 Å². The second-order valence-corrected chi connectivity index (χ2v) is 9.37. The third-order valence-corrected chi connectivity index (χ3v) is 6.93. The molecule has 0 spiro atoms. The van der Waals surface area contributed by atoms with Gasteiger partial charge in [0.25, 0.3) is 5.56 Å². The highest BCUT2D eigenvalue weighted by Gasteiger charge is 2.24. The van der Waals surface area contributed by atoms with Gasteiger partial charge in [-0.25, -0.2) is 4.98 Å². The van der Waals surface area contributed by atoms with Gasteiger partial charge in [0.2, 0.25) is 5.91 Å². The quantitative estimate of drug-likeness (QED) is 0.577. The highest BCUT2D eigenvalue weighted by atomic mass is 32.2. The molecule has 29 heavy (non-hydrogen) atoms. The van der Waals surface area contributed by atoms with Crippen LogP contribution in [0.5, 0.6) is 0 Å². The van der Waals surface area contributed by atoms with Crippen LogP contribution in [0.15, 0.2) is 34.2 Å². The van der Waals surface area contributed by atoms with Gasteiger partial charge in [-0.1, -0.05) is 43.2 Å². The molecule has 1 aromatic heterocycles. The van der Waals surface area contributed by atoms with Crippen molar-refractivity contribution in [2.45, 2.75) is 81.0 Å². The predicted octanol–water partition coefficient (Wildman–Crippen LogP) is 3.51. The van der Waals surface area contributed by atoms with E-state index in [2.05, 4.69) is 5.32 Å². The number of fused-ring (bicyclic) bond motifs is 1. The van der Waals surface area contributed by atoms with E-state index >= 15 is 0 Å². The van der Waals surface area contributed by atoms with E-state index in [0.29, 0.717) is 22.6 Å². The lowest BCUT2D eigenvalue weighted by atomic mass is 9.95. The molecule has 0 bridgehead atoms. The Kier molecular flexibility index (Phi) is 6.55. The van der Waals surface area contributed by atoms with Crippen LogP contribution in [0.25, 0.3) is 10.9 Å². The first-order valence-corrected chi connectivity index (χ1v) is 11.6. The lowest BCUT2D eigenvalue weighted by Crippen LogP contribution is -2.40. The molecule has 1 saturated heterocycles. The number of nitrogens with one attached hydrogen (secondary N) is 1. The highest BCUT2D eigenvalue weighted by molar-refractivity contribution is 8.00. The zero-order valence-corrected chi connectivity index (χ0v) is 17.7. The average Bonchev–Trinajstić information content (AvgIpc) is 3.25. The van der Waals surface area contributed by atoms with Crippen molar-refractivity contribution in [3.8, 4) is 0 Å². The number of rotatable bonds is 6.